The van der Waals surface area contributed by atoms with Gasteiger partial charge in [-0.3, -0.25) is 4.79 Å². The number of Topliss-reactive ketones (excluding diaryl/α,β-unsaturated/α-hetero) is 1. The van der Waals surface area contributed by atoms with Gasteiger partial charge < -0.3 is 5.11 Å². The normalized spacial score (nSPS) is 36.8. The quantitative estimate of drug-likeness (QED) is 0.531. The molecule has 2 nitrogen and oxygen atoms in total. The van der Waals surface area contributed by atoms with Crippen LogP contribution in [0.15, 0.2) is 29.8 Å². The van der Waals surface area contributed by atoms with Crippen molar-refractivity contribution >= 4 is 5.78 Å². The third-order valence-corrected chi connectivity index (χ3v) is 8.29. The van der Waals surface area contributed by atoms with Crippen molar-refractivity contribution in [1.29, 1.82) is 0 Å². The van der Waals surface area contributed by atoms with Gasteiger partial charge in [-0.1, -0.05) is 24.6 Å². The maximum absolute atomic E-state index is 12.8. The number of fused-ring (bicyclic) bond motifs is 5. The molecule has 144 valence electrons. The van der Waals surface area contributed by atoms with Crippen molar-refractivity contribution in [3.8, 4) is 5.75 Å². The van der Waals surface area contributed by atoms with Gasteiger partial charge in [0.05, 0.1) is 0 Å². The van der Waals surface area contributed by atoms with Crippen LogP contribution in [-0.2, 0) is 11.2 Å². The summed E-state index contributed by atoms with van der Waals surface area (Å²) < 4.78 is 0. The Labute approximate surface area is 163 Å². The van der Waals surface area contributed by atoms with Crippen LogP contribution in [0.5, 0.6) is 5.75 Å². The summed E-state index contributed by atoms with van der Waals surface area (Å²) in [4.78, 5) is 12.8. The molecule has 0 aliphatic heterocycles. The number of phenolic OH excluding ortho intramolecular Hbond substituents is 1. The second-order valence-electron chi connectivity index (χ2n) is 9.85. The Balaban J connectivity index is 1.45. The molecule has 0 radical (unpaired) electrons. The average molecular weight is 365 g/mol. The van der Waals surface area contributed by atoms with Crippen molar-refractivity contribution in [2.24, 2.45) is 23.2 Å². The standard InChI is InChI=1S/C25H32O2/c1-25-15-18(5-3-2-4-16-6-7-16)24-20-11-9-19(26)14-17(20)8-10-21(24)22(25)12-13-23(25)27/h4,9,11,14,18,21-22,24,26H,2-3,5-8,10,12-13,15H2,1H3/t18-,21?,22?,24?,25-/m0/s1. The Morgan fingerprint density at radius 2 is 2.04 bits per heavy atom. The molecule has 2 heteroatoms. The zero-order chi connectivity index (χ0) is 18.6. The van der Waals surface area contributed by atoms with Crippen molar-refractivity contribution in [2.45, 2.75) is 77.0 Å². The molecular weight excluding hydrogens is 332 g/mol. The minimum atomic E-state index is -0.0742. The lowest BCUT2D eigenvalue weighted by atomic mass is 9.51. The number of aromatic hydroxyl groups is 1. The van der Waals surface area contributed by atoms with E-state index >= 15 is 0 Å². The van der Waals surface area contributed by atoms with Crippen LogP contribution < -0.4 is 0 Å². The minimum Gasteiger partial charge on any atom is -0.508 e. The van der Waals surface area contributed by atoms with E-state index < -0.39 is 0 Å². The van der Waals surface area contributed by atoms with E-state index in [1.807, 2.05) is 12.1 Å². The number of unbranched alkanes of at least 4 members (excludes halogenated alkanes) is 1. The van der Waals surface area contributed by atoms with Crippen LogP contribution in [0.2, 0.25) is 0 Å². The van der Waals surface area contributed by atoms with Crippen LogP contribution in [0, 0.1) is 23.2 Å². The van der Waals surface area contributed by atoms with Gasteiger partial charge in [0.15, 0.2) is 0 Å². The third-order valence-electron chi connectivity index (χ3n) is 8.29. The fourth-order valence-electron chi connectivity index (χ4n) is 6.89. The highest BCUT2D eigenvalue weighted by Crippen LogP contribution is 2.62. The Kier molecular flexibility index (Phi) is 4.22. The molecule has 1 N–H and O–H groups in total. The van der Waals surface area contributed by atoms with Gasteiger partial charge in [-0.25, -0.2) is 0 Å². The lowest BCUT2D eigenvalue weighted by molar-refractivity contribution is -0.131. The van der Waals surface area contributed by atoms with Gasteiger partial charge in [-0.05, 0) is 105 Å². The van der Waals surface area contributed by atoms with E-state index in [0.717, 1.165) is 25.7 Å². The van der Waals surface area contributed by atoms with Crippen LogP contribution in [0.4, 0.5) is 0 Å². The Morgan fingerprint density at radius 3 is 2.85 bits per heavy atom. The number of hydrogen-bond acceptors (Lipinski definition) is 2. The summed E-state index contributed by atoms with van der Waals surface area (Å²) in [6.07, 6.45) is 14.0. The molecule has 4 aliphatic rings. The van der Waals surface area contributed by atoms with E-state index in [4.69, 9.17) is 0 Å². The maximum Gasteiger partial charge on any atom is 0.139 e. The molecule has 5 rings (SSSR count). The second-order valence-corrected chi connectivity index (χ2v) is 9.85. The first kappa shape index (κ1) is 17.5. The van der Waals surface area contributed by atoms with Gasteiger partial charge in [0.2, 0.25) is 0 Å². The van der Waals surface area contributed by atoms with Gasteiger partial charge >= 0.3 is 0 Å². The zero-order valence-electron chi connectivity index (χ0n) is 16.5. The number of aryl methyl sites for hydroxylation is 1. The second kappa shape index (κ2) is 6.50. The molecule has 0 saturated heterocycles. The van der Waals surface area contributed by atoms with E-state index in [2.05, 4.69) is 19.1 Å². The molecule has 0 bridgehead atoms. The van der Waals surface area contributed by atoms with E-state index in [9.17, 15) is 9.90 Å². The highest BCUT2D eigenvalue weighted by Gasteiger charge is 2.57. The summed E-state index contributed by atoms with van der Waals surface area (Å²) in [6, 6.07) is 6.07. The summed E-state index contributed by atoms with van der Waals surface area (Å²) >= 11 is 0. The number of ketones is 1. The molecule has 3 unspecified atom stereocenters. The number of phenols is 1. The first-order valence-corrected chi connectivity index (χ1v) is 11.1. The lowest BCUT2D eigenvalue weighted by Gasteiger charge is -2.52. The molecule has 1 aromatic carbocycles. The Hall–Kier alpha value is -1.57. The van der Waals surface area contributed by atoms with E-state index in [1.54, 1.807) is 5.57 Å². The van der Waals surface area contributed by atoms with Gasteiger partial charge in [0, 0.05) is 11.8 Å². The van der Waals surface area contributed by atoms with E-state index in [-0.39, 0.29) is 5.41 Å². The molecule has 0 spiro atoms. The number of carbonyl (C=O) groups is 1. The van der Waals surface area contributed by atoms with Crippen molar-refractivity contribution in [2.75, 3.05) is 0 Å². The summed E-state index contributed by atoms with van der Waals surface area (Å²) in [5, 5.41) is 9.96. The number of rotatable bonds is 4. The molecule has 5 atom stereocenters. The predicted octanol–water partition coefficient (Wildman–Crippen LogP) is 5.93. The molecule has 1 aromatic rings. The molecule has 0 heterocycles. The monoisotopic (exact) mass is 364 g/mol. The van der Waals surface area contributed by atoms with Crippen molar-refractivity contribution in [3.05, 3.63) is 41.0 Å². The molecular formula is C25H32O2. The maximum atomic E-state index is 12.8. The number of carbonyl (C=O) groups excluding carboxylic acids is 1. The summed E-state index contributed by atoms with van der Waals surface area (Å²) in [7, 11) is 0. The highest BCUT2D eigenvalue weighted by molar-refractivity contribution is 5.87. The van der Waals surface area contributed by atoms with E-state index in [0.29, 0.717) is 35.2 Å². The first-order chi connectivity index (χ1) is 13.1. The fraction of sp³-hybridized carbons (Fsp3) is 0.640. The molecule has 3 saturated carbocycles. The van der Waals surface area contributed by atoms with Gasteiger partial charge in [-0.15, -0.1) is 0 Å². The molecule has 0 amide bonds. The van der Waals surface area contributed by atoms with Crippen LogP contribution >= 0.6 is 0 Å². The summed E-state index contributed by atoms with van der Waals surface area (Å²) in [5.41, 5.74) is 4.41. The highest BCUT2D eigenvalue weighted by atomic mass is 16.3. The van der Waals surface area contributed by atoms with Crippen LogP contribution in [0.1, 0.15) is 81.8 Å². The topological polar surface area (TPSA) is 37.3 Å². The largest absolute Gasteiger partial charge is 0.508 e. The van der Waals surface area contributed by atoms with Crippen molar-refractivity contribution < 1.29 is 9.90 Å². The van der Waals surface area contributed by atoms with Crippen molar-refractivity contribution in [3.63, 3.8) is 0 Å². The average Bonchev–Trinajstić information content (AvgIpc) is 3.43. The zero-order valence-corrected chi connectivity index (χ0v) is 16.5. The van der Waals surface area contributed by atoms with Crippen molar-refractivity contribution in [1.82, 2.24) is 0 Å². The SMILES string of the molecule is C[C@]12C[C@H](CCCC=C3CC3)C3c4ccc(O)cc4CCC3C1CCC2=O. The minimum absolute atomic E-state index is 0.0742. The van der Waals surface area contributed by atoms with Gasteiger partial charge in [0.1, 0.15) is 11.5 Å². The predicted molar refractivity (Wildman–Crippen MR) is 108 cm³/mol. The van der Waals surface area contributed by atoms with Gasteiger partial charge in [-0.2, -0.15) is 0 Å². The number of hydrogen-bond donors (Lipinski definition) is 1. The third kappa shape index (κ3) is 2.96. The van der Waals surface area contributed by atoms with Gasteiger partial charge in [0.25, 0.3) is 0 Å². The van der Waals surface area contributed by atoms with Crippen LogP contribution in [-0.4, -0.2) is 10.9 Å². The fourth-order valence-corrected chi connectivity index (χ4v) is 6.89. The molecule has 3 fully saturated rings. The number of benzene rings is 1. The smallest absolute Gasteiger partial charge is 0.139 e. The lowest BCUT2D eigenvalue weighted by Crippen LogP contribution is -2.46. The number of allylic oxidation sites excluding steroid dienone is 2. The molecule has 27 heavy (non-hydrogen) atoms. The van der Waals surface area contributed by atoms with E-state index in [1.165, 1.54) is 49.7 Å². The summed E-state index contributed by atoms with van der Waals surface area (Å²) in [6.45, 7) is 2.29. The molecule has 4 aliphatic carbocycles. The Bertz CT molecular complexity index is 786. The van der Waals surface area contributed by atoms with Crippen LogP contribution in [0.25, 0.3) is 0 Å². The first-order valence-electron chi connectivity index (χ1n) is 11.1. The molecule has 0 aromatic heterocycles. The Morgan fingerprint density at radius 1 is 1.19 bits per heavy atom. The van der Waals surface area contributed by atoms with Crippen LogP contribution in [0.3, 0.4) is 0 Å². The summed E-state index contributed by atoms with van der Waals surface area (Å²) in [5.74, 6) is 3.36.